The predicted molar refractivity (Wildman–Crippen MR) is 138 cm³/mol. The number of hydrogen-bond acceptors (Lipinski definition) is 8. The summed E-state index contributed by atoms with van der Waals surface area (Å²) in [5.74, 6) is 1.88. The molecule has 6 rings (SSSR count). The number of benzene rings is 1. The zero-order chi connectivity index (χ0) is 25.5. The molecule has 1 N–H and O–H groups in total. The fourth-order valence-corrected chi connectivity index (χ4v) is 5.07. The molecule has 188 valence electrons. The molecule has 0 bridgehead atoms. The maximum Gasteiger partial charge on any atom is 0.208 e. The largest absolute Gasteiger partial charge is 0.493 e. The van der Waals surface area contributed by atoms with E-state index in [1.54, 1.807) is 22.9 Å². The van der Waals surface area contributed by atoms with E-state index in [-0.39, 0.29) is 18.1 Å². The monoisotopic (exact) mass is 498 g/mol. The zero-order valence-electron chi connectivity index (χ0n) is 20.8. The summed E-state index contributed by atoms with van der Waals surface area (Å²) in [6.45, 7) is 6.67. The van der Waals surface area contributed by atoms with E-state index in [9.17, 15) is 9.65 Å². The standard InChI is InChI=1S/C27H27FN8O/c1-17-19(3-6-25(32-17)35-10-8-34(2)9-11-35)22-15-31-27(36-16-18(13-29)33-26(22)36)30-14-21-20-7-12-37-24(20)5-4-23(21)28/h3-6,15-16H,7-12,14H2,1-2H3,(H,30,31). The molecule has 0 spiro atoms. The molecule has 0 unspecified atom stereocenters. The number of fused-ring (bicyclic) bond motifs is 2. The number of nitrogens with one attached hydrogen (secondary N) is 1. The number of aryl methyl sites for hydroxylation is 1. The Balaban J connectivity index is 1.33. The summed E-state index contributed by atoms with van der Waals surface area (Å²) in [5.41, 5.74) is 4.86. The van der Waals surface area contributed by atoms with Crippen LogP contribution in [0.2, 0.25) is 0 Å². The Labute approximate surface area is 214 Å². The van der Waals surface area contributed by atoms with Gasteiger partial charge in [0.05, 0.1) is 12.8 Å². The van der Waals surface area contributed by atoms with Crippen LogP contribution in [0.1, 0.15) is 22.5 Å². The van der Waals surface area contributed by atoms with Gasteiger partial charge in [-0.2, -0.15) is 5.26 Å². The lowest BCUT2D eigenvalue weighted by Crippen LogP contribution is -2.44. The van der Waals surface area contributed by atoms with Crippen LogP contribution in [0.4, 0.5) is 16.2 Å². The molecule has 1 saturated heterocycles. The van der Waals surface area contributed by atoms with Gasteiger partial charge >= 0.3 is 0 Å². The SMILES string of the molecule is Cc1nc(N2CCN(C)CC2)ccc1-c1cnc(NCc2c(F)ccc3c2CCO3)n2cc(C#N)nc12. The van der Waals surface area contributed by atoms with E-state index < -0.39 is 0 Å². The first-order chi connectivity index (χ1) is 18.0. The first kappa shape index (κ1) is 23.2. The molecular formula is C27H27FN8O. The van der Waals surface area contributed by atoms with E-state index in [1.165, 1.54) is 6.07 Å². The highest BCUT2D eigenvalue weighted by Gasteiger charge is 2.21. The molecule has 5 heterocycles. The second-order valence-electron chi connectivity index (χ2n) is 9.47. The molecule has 4 aromatic rings. The topological polar surface area (TPSA) is 94.6 Å². The Kier molecular flexibility index (Phi) is 5.85. The fraction of sp³-hybridized carbons (Fsp3) is 0.333. The minimum absolute atomic E-state index is 0.236. The number of imidazole rings is 1. The molecule has 10 heteroatoms. The number of pyridine rings is 1. The first-order valence-electron chi connectivity index (χ1n) is 12.4. The zero-order valence-corrected chi connectivity index (χ0v) is 20.8. The molecule has 0 saturated carbocycles. The van der Waals surface area contributed by atoms with Gasteiger partial charge in [0.1, 0.15) is 23.5 Å². The van der Waals surface area contributed by atoms with Gasteiger partial charge in [-0.3, -0.25) is 4.40 Å². The van der Waals surface area contributed by atoms with Gasteiger partial charge in [-0.1, -0.05) is 0 Å². The smallest absolute Gasteiger partial charge is 0.208 e. The summed E-state index contributed by atoms with van der Waals surface area (Å²) in [5, 5.41) is 12.8. The lowest BCUT2D eigenvalue weighted by Gasteiger charge is -2.33. The van der Waals surface area contributed by atoms with Gasteiger partial charge in [-0.25, -0.2) is 19.3 Å². The number of ether oxygens (including phenoxy) is 1. The molecule has 3 aromatic heterocycles. The van der Waals surface area contributed by atoms with E-state index in [1.807, 2.05) is 19.1 Å². The third kappa shape index (κ3) is 4.21. The normalized spacial score (nSPS) is 15.5. The lowest BCUT2D eigenvalue weighted by molar-refractivity contribution is 0.312. The Morgan fingerprint density at radius 3 is 2.73 bits per heavy atom. The van der Waals surface area contributed by atoms with Crippen molar-refractivity contribution in [2.45, 2.75) is 19.9 Å². The first-order valence-corrected chi connectivity index (χ1v) is 12.4. The van der Waals surface area contributed by atoms with Crippen LogP contribution in [0.15, 0.2) is 36.7 Å². The molecule has 1 fully saturated rings. The van der Waals surface area contributed by atoms with Crippen LogP contribution in [0.25, 0.3) is 16.8 Å². The third-order valence-electron chi connectivity index (χ3n) is 7.16. The van der Waals surface area contributed by atoms with Crippen molar-refractivity contribution >= 4 is 17.4 Å². The second-order valence-corrected chi connectivity index (χ2v) is 9.47. The van der Waals surface area contributed by atoms with Crippen molar-refractivity contribution in [3.05, 3.63) is 65.0 Å². The minimum atomic E-state index is -0.282. The van der Waals surface area contributed by atoms with Crippen LogP contribution in [-0.2, 0) is 13.0 Å². The maximum atomic E-state index is 14.6. The van der Waals surface area contributed by atoms with Crippen LogP contribution in [0.5, 0.6) is 5.75 Å². The molecule has 2 aliphatic rings. The molecule has 37 heavy (non-hydrogen) atoms. The summed E-state index contributed by atoms with van der Waals surface area (Å²) in [7, 11) is 2.13. The molecule has 9 nitrogen and oxygen atoms in total. The molecule has 0 amide bonds. The number of anilines is 2. The van der Waals surface area contributed by atoms with Crippen LogP contribution >= 0.6 is 0 Å². The number of halogens is 1. The highest BCUT2D eigenvalue weighted by molar-refractivity contribution is 5.80. The molecule has 0 atom stereocenters. The van der Waals surface area contributed by atoms with E-state index in [2.05, 4.69) is 38.2 Å². The summed E-state index contributed by atoms with van der Waals surface area (Å²) < 4.78 is 22.0. The Bertz CT molecular complexity index is 1530. The van der Waals surface area contributed by atoms with Crippen molar-refractivity contribution in [3.8, 4) is 22.9 Å². The summed E-state index contributed by atoms with van der Waals surface area (Å²) in [6.07, 6.45) is 4.05. The van der Waals surface area contributed by atoms with Crippen molar-refractivity contribution in [2.75, 3.05) is 50.1 Å². The Hall–Kier alpha value is -4.23. The van der Waals surface area contributed by atoms with Crippen molar-refractivity contribution in [1.82, 2.24) is 24.3 Å². The second kappa shape index (κ2) is 9.33. The summed E-state index contributed by atoms with van der Waals surface area (Å²) >= 11 is 0. The van der Waals surface area contributed by atoms with Gasteiger partial charge < -0.3 is 19.9 Å². The number of nitrogens with zero attached hydrogens (tertiary/aromatic N) is 7. The quantitative estimate of drug-likeness (QED) is 0.447. The van der Waals surface area contributed by atoms with Crippen molar-refractivity contribution in [2.24, 2.45) is 0 Å². The average Bonchev–Trinajstić information content (AvgIpc) is 3.56. The number of hydrogen-bond donors (Lipinski definition) is 1. The van der Waals surface area contributed by atoms with Gasteiger partial charge in [-0.05, 0) is 38.2 Å². The van der Waals surface area contributed by atoms with Crippen LogP contribution in [-0.4, -0.2) is 64.1 Å². The average molecular weight is 499 g/mol. The number of piperazine rings is 1. The molecule has 1 aromatic carbocycles. The van der Waals surface area contributed by atoms with Gasteiger partial charge in [-0.15, -0.1) is 0 Å². The van der Waals surface area contributed by atoms with Crippen molar-refractivity contribution in [1.29, 1.82) is 5.26 Å². The molecule has 2 aliphatic heterocycles. The minimum Gasteiger partial charge on any atom is -0.493 e. The summed E-state index contributed by atoms with van der Waals surface area (Å²) in [4.78, 5) is 18.7. The molecule has 0 aliphatic carbocycles. The molecule has 0 radical (unpaired) electrons. The van der Waals surface area contributed by atoms with E-state index in [0.29, 0.717) is 30.2 Å². The van der Waals surface area contributed by atoms with Crippen molar-refractivity contribution < 1.29 is 9.13 Å². The van der Waals surface area contributed by atoms with Gasteiger partial charge in [0.25, 0.3) is 0 Å². The van der Waals surface area contributed by atoms with E-state index in [0.717, 1.165) is 60.1 Å². The molecular weight excluding hydrogens is 471 g/mol. The number of likely N-dealkylation sites (N-methyl/N-ethyl adjacent to an activating group) is 1. The third-order valence-corrected chi connectivity index (χ3v) is 7.16. The van der Waals surface area contributed by atoms with E-state index in [4.69, 9.17) is 9.72 Å². The van der Waals surface area contributed by atoms with Crippen LogP contribution < -0.4 is 15.0 Å². The van der Waals surface area contributed by atoms with Crippen molar-refractivity contribution in [3.63, 3.8) is 0 Å². The lowest BCUT2D eigenvalue weighted by atomic mass is 10.0. The van der Waals surface area contributed by atoms with Crippen LogP contribution in [0.3, 0.4) is 0 Å². The fourth-order valence-electron chi connectivity index (χ4n) is 5.07. The van der Waals surface area contributed by atoms with Crippen LogP contribution in [0, 0.1) is 24.1 Å². The van der Waals surface area contributed by atoms with Gasteiger partial charge in [0.2, 0.25) is 5.95 Å². The number of aromatic nitrogens is 4. The van der Waals surface area contributed by atoms with Gasteiger partial charge in [0, 0.05) is 73.3 Å². The summed E-state index contributed by atoms with van der Waals surface area (Å²) in [6, 6.07) is 9.30. The maximum absolute atomic E-state index is 14.6. The highest BCUT2D eigenvalue weighted by atomic mass is 19.1. The van der Waals surface area contributed by atoms with E-state index >= 15 is 0 Å². The number of rotatable bonds is 5. The Morgan fingerprint density at radius 1 is 1.11 bits per heavy atom. The highest BCUT2D eigenvalue weighted by Crippen LogP contribution is 2.32. The Morgan fingerprint density at radius 2 is 1.95 bits per heavy atom. The number of nitriles is 1. The van der Waals surface area contributed by atoms with Gasteiger partial charge in [0.15, 0.2) is 11.3 Å². The predicted octanol–water partition coefficient (Wildman–Crippen LogP) is 3.41.